The quantitative estimate of drug-likeness (QED) is 0.120. The molecule has 0 amide bonds. The fourth-order valence-corrected chi connectivity index (χ4v) is 6.62. The molecule has 0 fully saturated rings. The van der Waals surface area contributed by atoms with Gasteiger partial charge in [-0.3, -0.25) is 23.2 Å². The molecule has 0 saturated carbocycles. The van der Waals surface area contributed by atoms with Gasteiger partial charge in [-0.1, -0.05) is 27.7 Å². The number of hydrogen-bond donors (Lipinski definition) is 5. The Labute approximate surface area is 267 Å². The minimum Gasteiger partial charge on any atom is -0.506 e. The van der Waals surface area contributed by atoms with Crippen LogP contribution in [-0.2, 0) is 32.9 Å². The number of aliphatic hydroxyl groups excluding tert-OH is 1. The summed E-state index contributed by atoms with van der Waals surface area (Å²) in [5.41, 5.74) is 4.16. The second-order valence-corrected chi connectivity index (χ2v) is 13.6. The fourth-order valence-electron chi connectivity index (χ4n) is 4.86. The number of aromatic nitrogens is 4. The molecule has 0 spiro atoms. The fraction of sp³-hybridized carbons (Fsp3) is 0.679. The Balaban J connectivity index is 1.96. The Hall–Kier alpha value is -3.50. The third-order valence-corrected chi connectivity index (χ3v) is 8.71. The predicted molar refractivity (Wildman–Crippen MR) is 166 cm³/mol. The maximum atomic E-state index is 14.5. The first kappa shape index (κ1) is 37.0. The summed E-state index contributed by atoms with van der Waals surface area (Å²) in [6.07, 6.45) is 0.436. The maximum Gasteiger partial charge on any atom is 0.342 e. The zero-order chi connectivity index (χ0) is 34.4. The van der Waals surface area contributed by atoms with E-state index in [0.717, 1.165) is 0 Å². The highest BCUT2D eigenvalue weighted by atomic mass is 31.2. The lowest BCUT2D eigenvalue weighted by Gasteiger charge is -2.29. The zero-order valence-corrected chi connectivity index (χ0v) is 28.4. The van der Waals surface area contributed by atoms with E-state index in [2.05, 4.69) is 25.1 Å². The SMILES string of the molecule is CCOC(=O)C(CC(C)C)NP(=O)(NC(CC(C)C)C(=O)OCC)OCC1=C(O)C(C)(O)[C@H](n2cnc3c(OC)nc(N)nc32)O1. The summed E-state index contributed by atoms with van der Waals surface area (Å²) in [7, 11) is -2.96. The molecule has 258 valence electrons. The van der Waals surface area contributed by atoms with Crippen molar-refractivity contribution >= 4 is 36.7 Å². The van der Waals surface area contributed by atoms with Gasteiger partial charge in [-0.05, 0) is 45.4 Å². The lowest BCUT2D eigenvalue weighted by atomic mass is 10.0. The van der Waals surface area contributed by atoms with Crippen LogP contribution in [-0.4, -0.2) is 86.3 Å². The average Bonchev–Trinajstić information content (AvgIpc) is 3.47. The van der Waals surface area contributed by atoms with Crippen LogP contribution in [0.25, 0.3) is 11.2 Å². The molecule has 0 saturated heterocycles. The Kier molecular flexibility index (Phi) is 12.4. The van der Waals surface area contributed by atoms with Crippen molar-refractivity contribution in [2.45, 2.75) is 85.2 Å². The molecule has 4 atom stereocenters. The third-order valence-electron chi connectivity index (χ3n) is 6.92. The first-order valence-corrected chi connectivity index (χ1v) is 16.7. The lowest BCUT2D eigenvalue weighted by Crippen LogP contribution is -2.45. The van der Waals surface area contributed by atoms with Gasteiger partial charge < -0.3 is 34.9 Å². The number of nitrogens with zero attached hydrogens (tertiary/aromatic N) is 4. The first-order valence-electron chi connectivity index (χ1n) is 15.1. The van der Waals surface area contributed by atoms with Gasteiger partial charge in [0.05, 0.1) is 20.3 Å². The van der Waals surface area contributed by atoms with Crippen molar-refractivity contribution in [2.24, 2.45) is 11.8 Å². The number of carbonyl (C=O) groups excluding carboxylic acids is 2. The summed E-state index contributed by atoms with van der Waals surface area (Å²) in [6, 6.07) is -2.17. The number of methoxy groups -OCH3 is 1. The second-order valence-electron chi connectivity index (χ2n) is 11.8. The van der Waals surface area contributed by atoms with Crippen molar-refractivity contribution in [1.29, 1.82) is 0 Å². The predicted octanol–water partition coefficient (Wildman–Crippen LogP) is 2.73. The van der Waals surface area contributed by atoms with E-state index in [1.54, 1.807) is 13.8 Å². The first-order chi connectivity index (χ1) is 21.6. The van der Waals surface area contributed by atoms with Gasteiger partial charge >= 0.3 is 19.6 Å². The molecule has 3 rings (SSSR count). The van der Waals surface area contributed by atoms with E-state index >= 15 is 0 Å². The Morgan fingerprint density at radius 2 is 1.63 bits per heavy atom. The van der Waals surface area contributed by atoms with Crippen LogP contribution in [0.15, 0.2) is 17.8 Å². The molecule has 2 aromatic heterocycles. The number of nitrogen functional groups attached to an aromatic ring is 1. The van der Waals surface area contributed by atoms with Crippen LogP contribution in [0.3, 0.4) is 0 Å². The highest BCUT2D eigenvalue weighted by Gasteiger charge is 2.49. The van der Waals surface area contributed by atoms with E-state index in [1.807, 2.05) is 27.7 Å². The zero-order valence-electron chi connectivity index (χ0n) is 27.5. The van der Waals surface area contributed by atoms with Crippen LogP contribution in [0, 0.1) is 11.8 Å². The van der Waals surface area contributed by atoms with E-state index in [0.29, 0.717) is 0 Å². The van der Waals surface area contributed by atoms with E-state index in [4.69, 9.17) is 29.2 Å². The number of imidazole rings is 1. The number of carbonyl (C=O) groups is 2. The number of esters is 2. The number of aliphatic hydroxyl groups is 2. The number of ether oxygens (including phenoxy) is 4. The normalized spacial score (nSPS) is 20.9. The molecule has 18 heteroatoms. The number of fused-ring (bicyclic) bond motifs is 1. The van der Waals surface area contributed by atoms with Gasteiger partial charge in [-0.2, -0.15) is 9.97 Å². The molecular formula is C28H46N7O10P. The van der Waals surface area contributed by atoms with Gasteiger partial charge in [0, 0.05) is 0 Å². The van der Waals surface area contributed by atoms with Crippen LogP contribution in [0.1, 0.15) is 67.5 Å². The van der Waals surface area contributed by atoms with E-state index < -0.39 is 55.9 Å². The minimum atomic E-state index is -4.34. The highest BCUT2D eigenvalue weighted by Crippen LogP contribution is 2.45. The van der Waals surface area contributed by atoms with Crippen LogP contribution >= 0.6 is 7.67 Å². The van der Waals surface area contributed by atoms with Crippen molar-refractivity contribution in [3.05, 3.63) is 17.8 Å². The van der Waals surface area contributed by atoms with Crippen molar-refractivity contribution in [1.82, 2.24) is 29.7 Å². The number of nitrogens with two attached hydrogens (primary N) is 1. The van der Waals surface area contributed by atoms with Gasteiger partial charge in [0.15, 0.2) is 28.3 Å². The molecule has 0 aliphatic carbocycles. The second kappa shape index (κ2) is 15.4. The molecule has 46 heavy (non-hydrogen) atoms. The number of hydrogen-bond acceptors (Lipinski definition) is 14. The minimum absolute atomic E-state index is 0.0193. The summed E-state index contributed by atoms with van der Waals surface area (Å²) in [4.78, 5) is 38.2. The summed E-state index contributed by atoms with van der Waals surface area (Å²) in [5.74, 6) is -2.29. The largest absolute Gasteiger partial charge is 0.506 e. The number of anilines is 1. The van der Waals surface area contributed by atoms with Crippen molar-refractivity contribution < 1.29 is 47.8 Å². The summed E-state index contributed by atoms with van der Waals surface area (Å²) < 4.78 is 43.2. The lowest BCUT2D eigenvalue weighted by molar-refractivity contribution is -0.146. The molecule has 1 aliphatic rings. The third kappa shape index (κ3) is 8.64. The van der Waals surface area contributed by atoms with E-state index in [1.165, 1.54) is 24.9 Å². The number of rotatable bonds is 17. The van der Waals surface area contributed by atoms with Gasteiger partial charge in [0.25, 0.3) is 0 Å². The van der Waals surface area contributed by atoms with Gasteiger partial charge in [-0.25, -0.2) is 15.2 Å². The summed E-state index contributed by atoms with van der Waals surface area (Å²) in [5, 5.41) is 27.9. The van der Waals surface area contributed by atoms with Crippen LogP contribution in [0.4, 0.5) is 5.95 Å². The number of nitrogens with one attached hydrogen (secondary N) is 2. The molecule has 6 N–H and O–H groups in total. The standard InChI is InChI=1S/C28H46N7O10P/c1-9-42-24(37)17(11-15(3)4)33-46(40,34-18(12-16(5)6)25(38)43-10-2)44-13-19-21(36)28(7,39)26(45-19)35-14-30-20-22(35)31-27(29)32-23(20)41-8/h14-18,26,36,39H,9-13H2,1-8H3,(H2,29,31,32)(H2,33,34,40)/t17?,18?,26-,28?,46?/m1/s1. The van der Waals surface area contributed by atoms with Crippen LogP contribution in [0.5, 0.6) is 5.88 Å². The van der Waals surface area contributed by atoms with Gasteiger partial charge in [-0.15, -0.1) is 0 Å². The summed E-state index contributed by atoms with van der Waals surface area (Å²) >= 11 is 0. The smallest absolute Gasteiger partial charge is 0.342 e. The average molecular weight is 672 g/mol. The monoisotopic (exact) mass is 671 g/mol. The molecule has 3 unspecified atom stereocenters. The van der Waals surface area contributed by atoms with E-state index in [9.17, 15) is 24.4 Å². The van der Waals surface area contributed by atoms with Crippen molar-refractivity contribution in [3.8, 4) is 5.88 Å². The molecule has 0 bridgehead atoms. The molecule has 3 heterocycles. The molecular weight excluding hydrogens is 625 g/mol. The molecule has 1 aliphatic heterocycles. The van der Waals surface area contributed by atoms with Gasteiger partial charge in [0.1, 0.15) is 25.0 Å². The van der Waals surface area contributed by atoms with Crippen LogP contribution in [0.2, 0.25) is 0 Å². The highest BCUT2D eigenvalue weighted by molar-refractivity contribution is 7.54. The summed E-state index contributed by atoms with van der Waals surface area (Å²) in [6.45, 7) is 11.6. The van der Waals surface area contributed by atoms with Gasteiger partial charge in [0.2, 0.25) is 18.1 Å². The molecule has 0 radical (unpaired) electrons. The van der Waals surface area contributed by atoms with Crippen molar-refractivity contribution in [3.63, 3.8) is 0 Å². The molecule has 2 aromatic rings. The van der Waals surface area contributed by atoms with E-state index in [-0.39, 0.29) is 66.6 Å². The molecule has 0 aromatic carbocycles. The Morgan fingerprint density at radius 1 is 1.09 bits per heavy atom. The van der Waals surface area contributed by atoms with Crippen molar-refractivity contribution in [2.75, 3.05) is 32.7 Å². The molecule has 17 nitrogen and oxygen atoms in total. The van der Waals surface area contributed by atoms with Crippen LogP contribution < -0.4 is 20.6 Å². The Bertz CT molecular complexity index is 1420. The Morgan fingerprint density at radius 3 is 2.11 bits per heavy atom. The maximum absolute atomic E-state index is 14.5. The topological polar surface area (TPSA) is 232 Å².